The van der Waals surface area contributed by atoms with Crippen molar-refractivity contribution in [2.45, 2.75) is 44.6 Å². The fraction of sp³-hybridized carbons (Fsp3) is 0.520. The molecule has 2 aliphatic heterocycles. The summed E-state index contributed by atoms with van der Waals surface area (Å²) in [6, 6.07) is 9.52. The van der Waals surface area contributed by atoms with Gasteiger partial charge in [-0.3, -0.25) is 15.6 Å². The number of nitrogens with two attached hydrogens (primary N) is 1. The molecule has 0 unspecified atom stereocenters. The molecule has 0 amide bonds. The van der Waals surface area contributed by atoms with Crippen LogP contribution in [0.25, 0.3) is 0 Å². The second-order valence-corrected chi connectivity index (χ2v) is 10.4. The van der Waals surface area contributed by atoms with Gasteiger partial charge in [0, 0.05) is 62.0 Å². The number of hydrogen-bond donors (Lipinski definition) is 2. The number of likely N-dealkylation sites (tertiary alicyclic amines) is 1. The summed E-state index contributed by atoms with van der Waals surface area (Å²) in [6.07, 6.45) is 14.1. The third-order valence-corrected chi connectivity index (χ3v) is 8.25. The van der Waals surface area contributed by atoms with Crippen LogP contribution in [0.5, 0.6) is 0 Å². The number of allylic oxidation sites excluding steroid dienone is 3. The first-order chi connectivity index (χ1) is 15.6. The molecule has 32 heavy (non-hydrogen) atoms. The highest BCUT2D eigenvalue weighted by Crippen LogP contribution is 2.25. The van der Waals surface area contributed by atoms with Crippen LogP contribution in [0.1, 0.15) is 38.5 Å². The van der Waals surface area contributed by atoms with Crippen LogP contribution in [0.2, 0.25) is 0 Å². The normalized spacial score (nSPS) is 19.8. The topological polar surface area (TPSA) is 50.2 Å². The minimum atomic E-state index is 0.493. The standard InChI is InChI=1S/C25H35N5S2/c1-28(24(26)32-19-20-7-3-4-8-20)25(31)27-21-9-11-22(12-10-21)30-17-13-23(14-18-30)29-15-5-2-6-16-29/h3-4,7,9-12,23,26H,2,5-6,8,13-19H2,1H3,(H,27,31)/p+1. The van der Waals surface area contributed by atoms with Gasteiger partial charge in [-0.15, -0.1) is 0 Å². The lowest BCUT2D eigenvalue weighted by molar-refractivity contribution is -0.448. The van der Waals surface area contributed by atoms with Crippen LogP contribution in [-0.4, -0.2) is 65.1 Å². The lowest BCUT2D eigenvalue weighted by Crippen LogP contribution is -2.85. The Morgan fingerprint density at radius 2 is 1.84 bits per heavy atom. The average molecular weight is 471 g/mol. The molecule has 3 N–H and O–H groups in total. The summed E-state index contributed by atoms with van der Waals surface area (Å²) in [7, 11) is 1.89. The molecule has 0 aromatic heterocycles. The van der Waals surface area contributed by atoms with Crippen molar-refractivity contribution in [1.29, 1.82) is 5.41 Å². The fourth-order valence-corrected chi connectivity index (χ4v) is 5.86. The van der Waals surface area contributed by atoms with Crippen molar-refractivity contribution in [1.82, 2.24) is 9.80 Å². The van der Waals surface area contributed by atoms with Gasteiger partial charge in [0.2, 0.25) is 0 Å². The number of thioether (sulfide) groups is 1. The van der Waals surface area contributed by atoms with Gasteiger partial charge in [-0.1, -0.05) is 42.0 Å². The van der Waals surface area contributed by atoms with Crippen molar-refractivity contribution in [2.24, 2.45) is 0 Å². The number of nitrogens with one attached hydrogen (secondary N) is 1. The Labute approximate surface area is 202 Å². The predicted molar refractivity (Wildman–Crippen MR) is 141 cm³/mol. The number of benzene rings is 1. The van der Waals surface area contributed by atoms with E-state index in [-0.39, 0.29) is 0 Å². The van der Waals surface area contributed by atoms with Crippen molar-refractivity contribution in [3.63, 3.8) is 0 Å². The Balaban J connectivity index is 1.22. The SMILES string of the molecule is CN(C(=N)SCC1=CC=CC1)C(=S)[NH2+]c1ccc(N2CCC(N3CCCCC3)CC2)cc1. The van der Waals surface area contributed by atoms with E-state index in [9.17, 15) is 0 Å². The van der Waals surface area contributed by atoms with Gasteiger partial charge in [-0.25, -0.2) is 0 Å². The fourth-order valence-electron chi connectivity index (χ4n) is 4.75. The third-order valence-electron chi connectivity index (χ3n) is 6.80. The lowest BCUT2D eigenvalue weighted by Gasteiger charge is -2.41. The van der Waals surface area contributed by atoms with E-state index in [4.69, 9.17) is 17.6 Å². The van der Waals surface area contributed by atoms with E-state index < -0.39 is 0 Å². The Morgan fingerprint density at radius 3 is 2.50 bits per heavy atom. The first-order valence-corrected chi connectivity index (χ1v) is 13.3. The first-order valence-electron chi connectivity index (χ1n) is 11.9. The van der Waals surface area contributed by atoms with Crippen LogP contribution in [-0.2, 0) is 0 Å². The third kappa shape index (κ3) is 6.22. The van der Waals surface area contributed by atoms with E-state index in [2.05, 4.69) is 52.3 Å². The highest BCUT2D eigenvalue weighted by atomic mass is 32.2. The summed E-state index contributed by atoms with van der Waals surface area (Å²) in [4.78, 5) is 7.05. The number of quaternary nitrogens is 1. The summed E-state index contributed by atoms with van der Waals surface area (Å²) in [5.41, 5.74) is 3.76. The predicted octanol–water partition coefficient (Wildman–Crippen LogP) is 4.11. The lowest BCUT2D eigenvalue weighted by atomic mass is 9.99. The molecule has 1 aromatic rings. The molecule has 0 bridgehead atoms. The van der Waals surface area contributed by atoms with Crippen LogP contribution in [0, 0.1) is 5.41 Å². The maximum Gasteiger partial charge on any atom is 0.280 e. The molecular weight excluding hydrogens is 434 g/mol. The van der Waals surface area contributed by atoms with E-state index in [0.29, 0.717) is 10.3 Å². The molecule has 7 heteroatoms. The average Bonchev–Trinajstić information content (AvgIpc) is 3.37. The van der Waals surface area contributed by atoms with Gasteiger partial charge in [0.05, 0.1) is 0 Å². The van der Waals surface area contributed by atoms with Gasteiger partial charge in [-0.05, 0) is 57.3 Å². The van der Waals surface area contributed by atoms with Gasteiger partial charge in [0.1, 0.15) is 5.69 Å². The quantitative estimate of drug-likeness (QED) is 0.294. The van der Waals surface area contributed by atoms with Gasteiger partial charge in [-0.2, -0.15) is 0 Å². The Kier molecular flexibility index (Phi) is 8.41. The second-order valence-electron chi connectivity index (χ2n) is 9.00. The molecule has 3 aliphatic rings. The first kappa shape index (κ1) is 23.5. The zero-order chi connectivity index (χ0) is 22.3. The van der Waals surface area contributed by atoms with Crippen molar-refractivity contribution in [3.05, 3.63) is 48.1 Å². The zero-order valence-electron chi connectivity index (χ0n) is 19.1. The smallest absolute Gasteiger partial charge is 0.280 e. The second kappa shape index (κ2) is 11.5. The molecule has 5 nitrogen and oxygen atoms in total. The molecule has 0 radical (unpaired) electrons. The Morgan fingerprint density at radius 1 is 1.12 bits per heavy atom. The van der Waals surface area contributed by atoms with Crippen LogP contribution in [0.3, 0.4) is 0 Å². The van der Waals surface area contributed by atoms with Crippen molar-refractivity contribution in [2.75, 3.05) is 43.9 Å². The van der Waals surface area contributed by atoms with E-state index in [0.717, 1.165) is 37.0 Å². The number of piperidine rings is 2. The molecule has 0 saturated carbocycles. The Hall–Kier alpha value is -1.67. The van der Waals surface area contributed by atoms with Crippen LogP contribution < -0.4 is 10.2 Å². The number of hydrogen-bond acceptors (Lipinski definition) is 5. The molecule has 1 aromatic carbocycles. The number of rotatable bonds is 5. The number of amidine groups is 1. The number of thiocarbonyl (C=S) groups is 1. The highest BCUT2D eigenvalue weighted by Gasteiger charge is 2.25. The van der Waals surface area contributed by atoms with E-state index in [1.807, 2.05) is 12.4 Å². The van der Waals surface area contributed by atoms with Crippen LogP contribution in [0.15, 0.2) is 48.1 Å². The maximum absolute atomic E-state index is 8.34. The molecule has 2 fully saturated rings. The van der Waals surface area contributed by atoms with Gasteiger partial charge >= 0.3 is 0 Å². The molecule has 0 atom stereocenters. The van der Waals surface area contributed by atoms with E-state index in [1.54, 1.807) is 4.90 Å². The van der Waals surface area contributed by atoms with E-state index >= 15 is 0 Å². The largest absolute Gasteiger partial charge is 0.371 e. The minimum Gasteiger partial charge on any atom is -0.371 e. The summed E-state index contributed by atoms with van der Waals surface area (Å²) in [5.74, 6) is 0.849. The number of nitrogens with zero attached hydrogens (tertiary/aromatic N) is 3. The molecule has 2 saturated heterocycles. The molecule has 4 rings (SSSR count). The zero-order valence-corrected chi connectivity index (χ0v) is 20.8. The van der Waals surface area contributed by atoms with Crippen molar-refractivity contribution < 1.29 is 5.32 Å². The summed E-state index contributed by atoms with van der Waals surface area (Å²) in [5, 5.41) is 11.5. The monoisotopic (exact) mass is 470 g/mol. The molecule has 172 valence electrons. The maximum atomic E-state index is 8.34. The van der Waals surface area contributed by atoms with Gasteiger partial charge in [0.25, 0.3) is 5.11 Å². The van der Waals surface area contributed by atoms with Crippen LogP contribution in [0.4, 0.5) is 11.4 Å². The summed E-state index contributed by atoms with van der Waals surface area (Å²) in [6.45, 7) is 4.89. The van der Waals surface area contributed by atoms with Gasteiger partial charge < -0.3 is 9.80 Å². The Bertz CT molecular complexity index is 850. The van der Waals surface area contributed by atoms with Crippen molar-refractivity contribution in [3.8, 4) is 0 Å². The van der Waals surface area contributed by atoms with Gasteiger partial charge in [0.15, 0.2) is 5.17 Å². The molecular formula is C25H36N5S2+. The van der Waals surface area contributed by atoms with Crippen molar-refractivity contribution >= 4 is 45.6 Å². The highest BCUT2D eigenvalue weighted by molar-refractivity contribution is 8.13. The molecule has 0 spiro atoms. The minimum absolute atomic E-state index is 0.493. The summed E-state index contributed by atoms with van der Waals surface area (Å²) < 4.78 is 0. The summed E-state index contributed by atoms with van der Waals surface area (Å²) >= 11 is 7.13. The van der Waals surface area contributed by atoms with Crippen LogP contribution >= 0.6 is 24.0 Å². The molecule has 1 aliphatic carbocycles. The molecule has 2 heterocycles. The number of anilines is 1. The van der Waals surface area contributed by atoms with E-state index in [1.165, 1.54) is 68.2 Å².